The van der Waals surface area contributed by atoms with Gasteiger partial charge in [-0.05, 0) is 94.0 Å². The first-order valence-electron chi connectivity index (χ1n) is 9.99. The molecule has 0 spiro atoms. The lowest BCUT2D eigenvalue weighted by atomic mass is 10.00. The third-order valence-corrected chi connectivity index (χ3v) is 7.37. The van der Waals surface area contributed by atoms with Crippen LogP contribution in [0.25, 0.3) is 49.7 Å². The number of benzene rings is 4. The number of fused-ring (bicyclic) bond motifs is 6. The molecule has 0 N–H and O–H groups in total. The number of rotatable bonds is 2. The number of halogens is 3. The highest BCUT2D eigenvalue weighted by molar-refractivity contribution is 14.1. The molecule has 0 saturated carbocycles. The average molecular weight is 655 g/mol. The highest BCUT2D eigenvalue weighted by Crippen LogP contribution is 2.40. The van der Waals surface area contributed by atoms with Crippen molar-refractivity contribution in [3.05, 3.63) is 97.7 Å². The lowest BCUT2D eigenvalue weighted by Crippen LogP contribution is -1.98. The monoisotopic (exact) mass is 653 g/mol. The maximum atomic E-state index is 5.22. The van der Waals surface area contributed by atoms with E-state index >= 15 is 0 Å². The van der Waals surface area contributed by atoms with Crippen molar-refractivity contribution in [3.63, 3.8) is 0 Å². The van der Waals surface area contributed by atoms with Crippen molar-refractivity contribution >= 4 is 87.0 Å². The molecule has 32 heavy (non-hydrogen) atoms. The van der Waals surface area contributed by atoms with Crippen LogP contribution in [0.1, 0.15) is 0 Å². The Hall–Kier alpha value is -2.29. The highest BCUT2D eigenvalue weighted by Gasteiger charge is 2.20. The number of imidazole rings is 1. The summed E-state index contributed by atoms with van der Waals surface area (Å²) in [5.41, 5.74) is 4.22. The molecule has 0 unspecified atom stereocenters. The lowest BCUT2D eigenvalue weighted by Gasteiger charge is -2.13. The molecule has 6 heteroatoms. The van der Waals surface area contributed by atoms with Crippen molar-refractivity contribution < 1.29 is 0 Å². The lowest BCUT2D eigenvalue weighted by molar-refractivity contribution is 1.10. The van der Waals surface area contributed by atoms with Gasteiger partial charge < -0.3 is 0 Å². The number of pyridine rings is 1. The zero-order valence-corrected chi connectivity index (χ0v) is 21.9. The predicted molar refractivity (Wildman–Crippen MR) is 147 cm³/mol. The molecule has 0 fully saturated rings. The normalized spacial score (nSPS) is 11.6. The van der Waals surface area contributed by atoms with Crippen LogP contribution in [0.3, 0.4) is 0 Å². The van der Waals surface area contributed by atoms with Crippen LogP contribution in [0.4, 0.5) is 0 Å². The van der Waals surface area contributed by atoms with E-state index in [-0.39, 0.29) is 0 Å². The van der Waals surface area contributed by atoms with Crippen LogP contribution in [0.15, 0.2) is 94.1 Å². The van der Waals surface area contributed by atoms with Crippen molar-refractivity contribution in [2.45, 2.75) is 0 Å². The molecule has 0 amide bonds. The van der Waals surface area contributed by atoms with Gasteiger partial charge in [-0.15, -0.1) is 0 Å². The molecule has 2 heterocycles. The van der Waals surface area contributed by atoms with Gasteiger partial charge in [0.25, 0.3) is 0 Å². The fourth-order valence-corrected chi connectivity index (χ4v) is 5.37. The average Bonchev–Trinajstić information content (AvgIpc) is 3.21. The summed E-state index contributed by atoms with van der Waals surface area (Å²) in [4.78, 5) is 9.43. The second-order valence-corrected chi connectivity index (χ2v) is 10.6. The molecule has 0 aliphatic carbocycles. The molecule has 0 aliphatic rings. The summed E-state index contributed by atoms with van der Waals surface area (Å²) < 4.78 is 5.58. The molecule has 0 aliphatic heterocycles. The topological polar surface area (TPSA) is 30.7 Å². The Kier molecular flexibility index (Phi) is 5.04. The molecule has 6 rings (SSSR count). The minimum atomic E-state index is 0.906. The number of aromatic nitrogens is 3. The van der Waals surface area contributed by atoms with Crippen molar-refractivity contribution in [2.24, 2.45) is 0 Å². The van der Waals surface area contributed by atoms with Crippen LogP contribution < -0.4 is 0 Å². The van der Waals surface area contributed by atoms with E-state index in [1.165, 1.54) is 19.7 Å². The smallest absolute Gasteiger partial charge is 0.145 e. The maximum Gasteiger partial charge on any atom is 0.145 e. The van der Waals surface area contributed by atoms with Crippen LogP contribution in [-0.2, 0) is 0 Å². The van der Waals surface area contributed by atoms with E-state index in [9.17, 15) is 0 Å². The Morgan fingerprint density at radius 1 is 0.688 bits per heavy atom. The van der Waals surface area contributed by atoms with E-state index in [2.05, 4.69) is 125 Å². The Labute approximate surface area is 214 Å². The van der Waals surface area contributed by atoms with Gasteiger partial charge in [0.1, 0.15) is 5.82 Å². The summed E-state index contributed by atoms with van der Waals surface area (Å²) in [6.07, 6.45) is 3.63. The molecule has 6 aromatic rings. The largest absolute Gasteiger partial charge is 0.292 e. The van der Waals surface area contributed by atoms with E-state index in [0.717, 1.165) is 42.4 Å². The second kappa shape index (κ2) is 7.93. The highest BCUT2D eigenvalue weighted by atomic mass is 127. The van der Waals surface area contributed by atoms with E-state index < -0.39 is 0 Å². The van der Waals surface area contributed by atoms with Gasteiger partial charge in [0.05, 0.1) is 11.0 Å². The van der Waals surface area contributed by atoms with Crippen LogP contribution in [0.5, 0.6) is 0 Å². The van der Waals surface area contributed by atoms with Gasteiger partial charge in [0.2, 0.25) is 0 Å². The zero-order chi connectivity index (χ0) is 21.8. The Morgan fingerprint density at radius 3 is 2.00 bits per heavy atom. The third kappa shape index (κ3) is 3.27. The number of hydrogen-bond acceptors (Lipinski definition) is 2. The van der Waals surface area contributed by atoms with E-state index in [1.54, 1.807) is 0 Å². The minimum absolute atomic E-state index is 0.906. The SMILES string of the molecule is Brc1ccc2c(c1)c1cc(Br)ccc1c1c2nc(-c2ccncc2)n1-c1ccc(I)cc1. The van der Waals surface area contributed by atoms with Gasteiger partial charge in [-0.25, -0.2) is 4.98 Å². The predicted octanol–water partition coefficient (Wildman–Crippen LogP) is 8.52. The molecule has 0 saturated heterocycles. The second-order valence-electron chi connectivity index (χ2n) is 7.56. The third-order valence-electron chi connectivity index (χ3n) is 5.66. The molecule has 0 radical (unpaired) electrons. The van der Waals surface area contributed by atoms with Crippen molar-refractivity contribution in [1.29, 1.82) is 0 Å². The van der Waals surface area contributed by atoms with E-state index in [0.29, 0.717) is 0 Å². The van der Waals surface area contributed by atoms with Crippen molar-refractivity contribution in [1.82, 2.24) is 14.5 Å². The Bertz CT molecular complexity index is 1640. The van der Waals surface area contributed by atoms with Gasteiger partial charge in [-0.1, -0.05) is 44.0 Å². The molecule has 4 aromatic carbocycles. The van der Waals surface area contributed by atoms with E-state index in [1.807, 2.05) is 24.5 Å². The summed E-state index contributed by atoms with van der Waals surface area (Å²) in [5.74, 6) is 0.906. The van der Waals surface area contributed by atoms with Gasteiger partial charge >= 0.3 is 0 Å². The number of nitrogens with zero attached hydrogens (tertiary/aromatic N) is 3. The first kappa shape index (κ1) is 20.3. The summed E-state index contributed by atoms with van der Waals surface area (Å²) in [7, 11) is 0. The summed E-state index contributed by atoms with van der Waals surface area (Å²) in [6, 6.07) is 25.5. The molecule has 2 aromatic heterocycles. The first-order valence-corrected chi connectivity index (χ1v) is 12.7. The minimum Gasteiger partial charge on any atom is -0.292 e. The molecule has 154 valence electrons. The van der Waals surface area contributed by atoms with Crippen LogP contribution in [0, 0.1) is 3.57 Å². The number of hydrogen-bond donors (Lipinski definition) is 0. The zero-order valence-electron chi connectivity index (χ0n) is 16.6. The first-order chi connectivity index (χ1) is 15.6. The van der Waals surface area contributed by atoms with Gasteiger partial charge in [-0.3, -0.25) is 9.55 Å². The molecular formula is C26H14Br2IN3. The molecule has 0 atom stereocenters. The van der Waals surface area contributed by atoms with Crippen LogP contribution in [0.2, 0.25) is 0 Å². The maximum absolute atomic E-state index is 5.22. The fourth-order valence-electron chi connectivity index (χ4n) is 4.28. The van der Waals surface area contributed by atoms with E-state index in [4.69, 9.17) is 4.98 Å². The van der Waals surface area contributed by atoms with Crippen LogP contribution in [-0.4, -0.2) is 14.5 Å². The Morgan fingerprint density at radius 2 is 1.31 bits per heavy atom. The van der Waals surface area contributed by atoms with Gasteiger partial charge in [-0.2, -0.15) is 0 Å². The summed E-state index contributed by atoms with van der Waals surface area (Å²) >= 11 is 9.67. The molecular weight excluding hydrogens is 641 g/mol. The summed E-state index contributed by atoms with van der Waals surface area (Å²) in [6.45, 7) is 0. The van der Waals surface area contributed by atoms with Crippen molar-refractivity contribution in [2.75, 3.05) is 0 Å². The Balaban J connectivity index is 1.87. The fraction of sp³-hybridized carbons (Fsp3) is 0. The quantitative estimate of drug-likeness (QED) is 0.138. The summed E-state index contributed by atoms with van der Waals surface area (Å²) in [5, 5.41) is 4.67. The standard InChI is InChI=1S/C26H14Br2IN3/c27-16-1-7-20-22(13-16)23-14-17(28)2-8-21(23)25-24(20)31-26(15-9-11-30-12-10-15)32(25)19-5-3-18(29)4-6-19/h1-14H. The van der Waals surface area contributed by atoms with Gasteiger partial charge in [0, 0.05) is 46.9 Å². The van der Waals surface area contributed by atoms with Crippen molar-refractivity contribution in [3.8, 4) is 17.1 Å². The van der Waals surface area contributed by atoms with Crippen LogP contribution >= 0.6 is 54.5 Å². The molecule has 0 bridgehead atoms. The molecule has 3 nitrogen and oxygen atoms in total. The van der Waals surface area contributed by atoms with Gasteiger partial charge in [0.15, 0.2) is 0 Å².